The van der Waals surface area contributed by atoms with Crippen LogP contribution in [0, 0.1) is 5.41 Å². The lowest BCUT2D eigenvalue weighted by Crippen LogP contribution is -2.45. The normalized spacial score (nSPS) is 21.6. The van der Waals surface area contributed by atoms with E-state index in [1.165, 1.54) is 12.8 Å². The third-order valence-electron chi connectivity index (χ3n) is 8.36. The van der Waals surface area contributed by atoms with Crippen molar-refractivity contribution in [1.29, 1.82) is 0 Å². The monoisotopic (exact) mass is 535 g/mol. The van der Waals surface area contributed by atoms with Crippen molar-refractivity contribution in [3.63, 3.8) is 0 Å². The van der Waals surface area contributed by atoms with Gasteiger partial charge in [0.05, 0.1) is 24.4 Å². The Kier molecular flexibility index (Phi) is 7.66. The molecule has 39 heavy (non-hydrogen) atoms. The second-order valence-corrected chi connectivity index (χ2v) is 11.6. The maximum atomic E-state index is 13.3. The molecule has 2 aromatic rings. The lowest BCUT2D eigenvalue weighted by molar-refractivity contribution is -0.125. The van der Waals surface area contributed by atoms with E-state index in [2.05, 4.69) is 32.3 Å². The van der Waals surface area contributed by atoms with Crippen LogP contribution >= 0.6 is 0 Å². The summed E-state index contributed by atoms with van der Waals surface area (Å²) < 4.78 is 5.64. The number of benzene rings is 1. The van der Waals surface area contributed by atoms with E-state index in [4.69, 9.17) is 9.72 Å². The lowest BCUT2D eigenvalue weighted by atomic mass is 9.91. The number of hydrogen-bond donors (Lipinski definition) is 2. The summed E-state index contributed by atoms with van der Waals surface area (Å²) in [6, 6.07) is 5.86. The molecule has 0 spiro atoms. The topological polar surface area (TPSA) is 103 Å². The summed E-state index contributed by atoms with van der Waals surface area (Å²) in [7, 11) is 3.39. The Balaban J connectivity index is 1.39. The summed E-state index contributed by atoms with van der Waals surface area (Å²) in [4.78, 5) is 42.0. The minimum Gasteiger partial charge on any atom is -0.495 e. The van der Waals surface area contributed by atoms with Crippen LogP contribution in [0.1, 0.15) is 63.2 Å². The molecule has 10 nitrogen and oxygen atoms in total. The highest BCUT2D eigenvalue weighted by Crippen LogP contribution is 2.40. The molecule has 5 rings (SSSR count). The minimum atomic E-state index is -0.543. The van der Waals surface area contributed by atoms with Gasteiger partial charge in [-0.3, -0.25) is 9.59 Å². The van der Waals surface area contributed by atoms with Gasteiger partial charge in [-0.15, -0.1) is 0 Å². The number of amides is 2. The van der Waals surface area contributed by atoms with E-state index in [-0.39, 0.29) is 17.9 Å². The van der Waals surface area contributed by atoms with Crippen molar-refractivity contribution in [2.45, 2.75) is 65.0 Å². The van der Waals surface area contributed by atoms with Crippen molar-refractivity contribution >= 4 is 35.0 Å². The van der Waals surface area contributed by atoms with Crippen LogP contribution in [0.15, 0.2) is 24.4 Å². The van der Waals surface area contributed by atoms with Crippen molar-refractivity contribution in [3.8, 4) is 5.75 Å². The van der Waals surface area contributed by atoms with Crippen LogP contribution in [0.5, 0.6) is 5.75 Å². The van der Waals surface area contributed by atoms with Crippen LogP contribution in [0.3, 0.4) is 0 Å². The number of hydrogen-bond acceptors (Lipinski definition) is 8. The summed E-state index contributed by atoms with van der Waals surface area (Å²) in [5, 5.41) is 6.44. The van der Waals surface area contributed by atoms with Gasteiger partial charge in [-0.25, -0.2) is 4.98 Å². The largest absolute Gasteiger partial charge is 0.495 e. The zero-order valence-electron chi connectivity index (χ0n) is 23.8. The average molecular weight is 536 g/mol. The van der Waals surface area contributed by atoms with E-state index in [1.54, 1.807) is 37.4 Å². The van der Waals surface area contributed by atoms with E-state index in [0.29, 0.717) is 35.5 Å². The highest BCUT2D eigenvalue weighted by atomic mass is 16.5. The summed E-state index contributed by atoms with van der Waals surface area (Å²) in [6.07, 6.45) is 7.24. The number of nitrogens with one attached hydrogen (secondary N) is 2. The first kappa shape index (κ1) is 27.2. The quantitative estimate of drug-likeness (QED) is 0.552. The summed E-state index contributed by atoms with van der Waals surface area (Å²) in [5.74, 6) is 1.67. The number of likely N-dealkylation sites (tertiary alicyclic amines) is 1. The number of carbonyl (C=O) groups is 2. The molecule has 1 atom stereocenters. The SMILES string of the molecule is CCN1CC[C@@H](NC(=O)c2ccc(Nc3ncc4c(n3)N(C3CCCC3)CC(C)(C)C(=O)N4C)c(OC)c2)C1. The molecule has 1 saturated carbocycles. The van der Waals surface area contributed by atoms with Gasteiger partial charge >= 0.3 is 0 Å². The highest BCUT2D eigenvalue weighted by molar-refractivity contribution is 6.01. The molecule has 0 unspecified atom stereocenters. The molecule has 3 aliphatic rings. The lowest BCUT2D eigenvalue weighted by Gasteiger charge is -2.34. The third kappa shape index (κ3) is 5.52. The van der Waals surface area contributed by atoms with Gasteiger partial charge in [0.2, 0.25) is 11.9 Å². The van der Waals surface area contributed by atoms with E-state index < -0.39 is 5.41 Å². The Hall–Kier alpha value is -3.40. The molecule has 2 fully saturated rings. The maximum Gasteiger partial charge on any atom is 0.251 e. The van der Waals surface area contributed by atoms with Gasteiger partial charge < -0.3 is 30.1 Å². The number of anilines is 4. The molecule has 2 amide bonds. The summed E-state index contributed by atoms with van der Waals surface area (Å²) in [6.45, 7) is 9.63. The van der Waals surface area contributed by atoms with E-state index in [0.717, 1.165) is 50.4 Å². The standard InChI is InChI=1S/C29H41N7O3/c1-6-35-14-13-20(17-35)31-26(37)19-11-12-22(24(15-19)39-5)32-28-30-16-23-25(33-28)36(21-9-7-8-10-21)18-29(2,3)27(38)34(23)4/h11-12,15-16,20-21H,6-10,13-14,17-18H2,1-5H3,(H,31,37)(H,30,32,33)/t20-/m1/s1. The molecular weight excluding hydrogens is 494 g/mol. The van der Waals surface area contributed by atoms with Gasteiger partial charge in [0.25, 0.3) is 5.91 Å². The Morgan fingerprint density at radius 1 is 1.21 bits per heavy atom. The van der Waals surface area contributed by atoms with Gasteiger partial charge in [0.1, 0.15) is 11.4 Å². The molecule has 2 N–H and O–H groups in total. The molecule has 1 aromatic carbocycles. The summed E-state index contributed by atoms with van der Waals surface area (Å²) >= 11 is 0. The van der Waals surface area contributed by atoms with Crippen LogP contribution in [0.25, 0.3) is 0 Å². The first-order chi connectivity index (χ1) is 18.7. The van der Waals surface area contributed by atoms with Gasteiger partial charge in [0, 0.05) is 44.3 Å². The fourth-order valence-electron chi connectivity index (χ4n) is 6.09. The van der Waals surface area contributed by atoms with Crippen molar-refractivity contribution < 1.29 is 14.3 Å². The number of rotatable bonds is 7. The van der Waals surface area contributed by atoms with Gasteiger partial charge in [-0.2, -0.15) is 4.98 Å². The van der Waals surface area contributed by atoms with Gasteiger partial charge in [-0.1, -0.05) is 19.8 Å². The van der Waals surface area contributed by atoms with Crippen LogP contribution in [0.2, 0.25) is 0 Å². The van der Waals surface area contributed by atoms with Crippen molar-refractivity contribution in [1.82, 2.24) is 20.2 Å². The number of aromatic nitrogens is 2. The fraction of sp³-hybridized carbons (Fsp3) is 0.586. The molecule has 1 aromatic heterocycles. The molecule has 1 saturated heterocycles. The molecule has 3 heterocycles. The van der Waals surface area contributed by atoms with Crippen LogP contribution in [0.4, 0.5) is 23.1 Å². The van der Waals surface area contributed by atoms with Gasteiger partial charge in [0.15, 0.2) is 5.82 Å². The van der Waals surface area contributed by atoms with Crippen LogP contribution in [-0.4, -0.2) is 79.1 Å². The molecule has 2 aliphatic heterocycles. The first-order valence-electron chi connectivity index (χ1n) is 14.1. The van der Waals surface area contributed by atoms with E-state index >= 15 is 0 Å². The highest BCUT2D eigenvalue weighted by Gasteiger charge is 2.41. The fourth-order valence-corrected chi connectivity index (χ4v) is 6.09. The maximum absolute atomic E-state index is 13.3. The van der Waals surface area contributed by atoms with Crippen LogP contribution < -0.4 is 25.2 Å². The number of nitrogens with zero attached hydrogens (tertiary/aromatic N) is 5. The molecule has 0 radical (unpaired) electrons. The Morgan fingerprint density at radius 2 is 1.97 bits per heavy atom. The number of likely N-dealkylation sites (N-methyl/N-ethyl adjacent to an activating group) is 1. The molecule has 0 bridgehead atoms. The number of methoxy groups -OCH3 is 1. The second kappa shape index (κ2) is 11.0. The predicted octanol–water partition coefficient (Wildman–Crippen LogP) is 3.80. The Labute approximate surface area is 231 Å². The smallest absolute Gasteiger partial charge is 0.251 e. The molecular formula is C29H41N7O3. The number of carbonyl (C=O) groups excluding carboxylic acids is 2. The molecule has 210 valence electrons. The average Bonchev–Trinajstić information content (AvgIpc) is 3.62. The van der Waals surface area contributed by atoms with E-state index in [9.17, 15) is 9.59 Å². The zero-order chi connectivity index (χ0) is 27.7. The third-order valence-corrected chi connectivity index (χ3v) is 8.36. The van der Waals surface area contributed by atoms with Crippen LogP contribution in [-0.2, 0) is 4.79 Å². The number of fused-ring (bicyclic) bond motifs is 1. The Bertz CT molecular complexity index is 1230. The second-order valence-electron chi connectivity index (χ2n) is 11.6. The van der Waals surface area contributed by atoms with E-state index in [1.807, 2.05) is 19.9 Å². The molecule has 1 aliphatic carbocycles. The van der Waals surface area contributed by atoms with Crippen molar-refractivity contribution in [3.05, 3.63) is 30.0 Å². The van der Waals surface area contributed by atoms with Crippen molar-refractivity contribution in [2.75, 3.05) is 55.5 Å². The van der Waals surface area contributed by atoms with Crippen molar-refractivity contribution in [2.24, 2.45) is 5.41 Å². The molecule has 10 heteroatoms. The zero-order valence-corrected chi connectivity index (χ0v) is 23.8. The summed E-state index contributed by atoms with van der Waals surface area (Å²) in [5.41, 5.74) is 1.39. The Morgan fingerprint density at radius 3 is 2.67 bits per heavy atom. The first-order valence-corrected chi connectivity index (χ1v) is 14.1. The predicted molar refractivity (Wildman–Crippen MR) is 153 cm³/mol. The van der Waals surface area contributed by atoms with Gasteiger partial charge in [-0.05, 0) is 57.9 Å². The number of ether oxygens (including phenoxy) is 1. The minimum absolute atomic E-state index is 0.0593.